The van der Waals surface area contributed by atoms with E-state index in [4.69, 9.17) is 0 Å². The fourth-order valence-electron chi connectivity index (χ4n) is 3.53. The second-order valence-corrected chi connectivity index (χ2v) is 9.19. The maximum atomic E-state index is 12.8. The highest BCUT2D eigenvalue weighted by molar-refractivity contribution is 8.00. The molecule has 2 N–H and O–H groups in total. The van der Waals surface area contributed by atoms with Crippen molar-refractivity contribution < 1.29 is 9.59 Å². The summed E-state index contributed by atoms with van der Waals surface area (Å²) in [6.45, 7) is 4.01. The van der Waals surface area contributed by atoms with Gasteiger partial charge in [0, 0.05) is 21.8 Å². The fourth-order valence-corrected chi connectivity index (χ4v) is 4.54. The van der Waals surface area contributed by atoms with Crippen LogP contribution in [0.2, 0.25) is 0 Å². The van der Waals surface area contributed by atoms with Gasteiger partial charge in [-0.1, -0.05) is 61.0 Å². The Morgan fingerprint density at radius 3 is 2.30 bits per heavy atom. The van der Waals surface area contributed by atoms with Crippen molar-refractivity contribution in [2.75, 3.05) is 10.6 Å². The summed E-state index contributed by atoms with van der Waals surface area (Å²) in [7, 11) is 0. The second kappa shape index (κ2) is 10.4. The zero-order chi connectivity index (χ0) is 23.2. The number of anilines is 2. The average molecular weight is 455 g/mol. The van der Waals surface area contributed by atoms with Gasteiger partial charge in [0.25, 0.3) is 5.91 Å². The molecule has 0 radical (unpaired) electrons. The zero-order valence-corrected chi connectivity index (χ0v) is 19.5. The maximum Gasteiger partial charge on any atom is 0.255 e. The van der Waals surface area contributed by atoms with Crippen molar-refractivity contribution in [3.8, 4) is 0 Å². The van der Waals surface area contributed by atoms with Crippen LogP contribution in [0, 0.1) is 6.92 Å². The maximum absolute atomic E-state index is 12.8. The molecule has 2 amide bonds. The Morgan fingerprint density at radius 2 is 1.55 bits per heavy atom. The number of thioether (sulfide) groups is 1. The van der Waals surface area contributed by atoms with E-state index >= 15 is 0 Å². The van der Waals surface area contributed by atoms with Crippen LogP contribution in [-0.2, 0) is 4.79 Å². The number of hydrogen-bond donors (Lipinski definition) is 2. The highest BCUT2D eigenvalue weighted by Crippen LogP contribution is 2.29. The molecule has 5 heteroatoms. The largest absolute Gasteiger partial charge is 0.325 e. The van der Waals surface area contributed by atoms with Crippen LogP contribution in [0.4, 0.5) is 11.4 Å². The summed E-state index contributed by atoms with van der Waals surface area (Å²) in [6.07, 6.45) is 0.691. The zero-order valence-electron chi connectivity index (χ0n) is 18.7. The summed E-state index contributed by atoms with van der Waals surface area (Å²) in [5.74, 6) is -0.191. The van der Waals surface area contributed by atoms with Crippen LogP contribution in [-0.4, -0.2) is 17.1 Å². The van der Waals surface area contributed by atoms with Crippen molar-refractivity contribution in [3.63, 3.8) is 0 Å². The van der Waals surface area contributed by atoms with Crippen molar-refractivity contribution in [1.29, 1.82) is 0 Å². The first-order chi connectivity index (χ1) is 16.0. The molecule has 1 unspecified atom stereocenters. The molecule has 4 aromatic rings. The van der Waals surface area contributed by atoms with Gasteiger partial charge in [0.15, 0.2) is 0 Å². The molecule has 0 saturated carbocycles. The minimum absolute atomic E-state index is 0.0306. The molecule has 4 nitrogen and oxygen atoms in total. The van der Waals surface area contributed by atoms with E-state index in [1.807, 2.05) is 105 Å². The molecule has 1 atom stereocenters. The van der Waals surface area contributed by atoms with Crippen LogP contribution >= 0.6 is 11.8 Å². The van der Waals surface area contributed by atoms with Crippen molar-refractivity contribution in [1.82, 2.24) is 0 Å². The molecule has 0 spiro atoms. The molecular weight excluding hydrogens is 428 g/mol. The van der Waals surface area contributed by atoms with Crippen LogP contribution in [0.5, 0.6) is 0 Å². The van der Waals surface area contributed by atoms with E-state index in [1.165, 1.54) is 11.8 Å². The first-order valence-electron chi connectivity index (χ1n) is 11.0. The first-order valence-corrected chi connectivity index (χ1v) is 11.8. The topological polar surface area (TPSA) is 58.2 Å². The van der Waals surface area contributed by atoms with Crippen LogP contribution in [0.15, 0.2) is 95.9 Å². The van der Waals surface area contributed by atoms with Gasteiger partial charge < -0.3 is 10.6 Å². The standard InChI is InChI=1S/C28H26N2O2S/c1-3-26(28(32)29-23-15-11-19(2)12-16-23)33-25-10-6-9-24(18-25)30-27(31)22-14-13-20-7-4-5-8-21(20)17-22/h4-18,26H,3H2,1-2H3,(H,29,32)(H,30,31). The van der Waals surface area contributed by atoms with Gasteiger partial charge in [-0.3, -0.25) is 9.59 Å². The molecule has 0 aliphatic carbocycles. The van der Waals surface area contributed by atoms with Crippen LogP contribution in [0.25, 0.3) is 10.8 Å². The number of nitrogens with one attached hydrogen (secondary N) is 2. The molecule has 0 aliphatic rings. The van der Waals surface area contributed by atoms with Crippen molar-refractivity contribution in [2.45, 2.75) is 30.4 Å². The number of benzene rings is 4. The Labute approximate surface area is 198 Å². The van der Waals surface area contributed by atoms with Gasteiger partial charge in [0.05, 0.1) is 5.25 Å². The molecule has 0 aliphatic heterocycles. The molecule has 4 rings (SSSR count). The summed E-state index contributed by atoms with van der Waals surface area (Å²) in [5.41, 5.74) is 3.25. The van der Waals surface area contributed by atoms with E-state index in [9.17, 15) is 9.59 Å². The van der Waals surface area contributed by atoms with Gasteiger partial charge in [-0.25, -0.2) is 0 Å². The lowest BCUT2D eigenvalue weighted by atomic mass is 10.1. The second-order valence-electron chi connectivity index (χ2n) is 7.91. The molecule has 166 valence electrons. The summed E-state index contributed by atoms with van der Waals surface area (Å²) >= 11 is 1.49. The number of carbonyl (C=O) groups is 2. The number of fused-ring (bicyclic) bond motifs is 1. The Hall–Kier alpha value is -3.57. The molecule has 0 heterocycles. The van der Waals surface area contributed by atoms with E-state index in [-0.39, 0.29) is 17.1 Å². The third-order valence-electron chi connectivity index (χ3n) is 5.36. The quantitative estimate of drug-likeness (QED) is 0.298. The number of aryl methyl sites for hydroxylation is 1. The molecule has 0 bridgehead atoms. The Bertz CT molecular complexity index is 1280. The molecule has 4 aromatic carbocycles. The smallest absolute Gasteiger partial charge is 0.255 e. The van der Waals surface area contributed by atoms with Crippen LogP contribution < -0.4 is 10.6 Å². The summed E-state index contributed by atoms with van der Waals surface area (Å²) in [5, 5.41) is 7.86. The number of hydrogen-bond acceptors (Lipinski definition) is 3. The number of amides is 2. The third-order valence-corrected chi connectivity index (χ3v) is 6.72. The Kier molecular flexibility index (Phi) is 7.10. The predicted octanol–water partition coefficient (Wildman–Crippen LogP) is 6.91. The lowest BCUT2D eigenvalue weighted by Crippen LogP contribution is -2.24. The molecule has 0 saturated heterocycles. The van der Waals surface area contributed by atoms with Gasteiger partial charge in [-0.15, -0.1) is 11.8 Å². The SMILES string of the molecule is CCC(Sc1cccc(NC(=O)c2ccc3ccccc3c2)c1)C(=O)Nc1ccc(C)cc1. The molecule has 33 heavy (non-hydrogen) atoms. The average Bonchev–Trinajstić information content (AvgIpc) is 2.83. The van der Waals surface area contributed by atoms with E-state index < -0.39 is 0 Å². The highest BCUT2D eigenvalue weighted by atomic mass is 32.2. The fraction of sp³-hybridized carbons (Fsp3) is 0.143. The normalized spacial score (nSPS) is 11.7. The lowest BCUT2D eigenvalue weighted by molar-refractivity contribution is -0.115. The Balaban J connectivity index is 1.43. The van der Waals surface area contributed by atoms with Gasteiger partial charge in [-0.2, -0.15) is 0 Å². The first kappa shape index (κ1) is 22.6. The number of carbonyl (C=O) groups excluding carboxylic acids is 2. The molecule has 0 fully saturated rings. The minimum atomic E-state index is -0.238. The number of rotatable bonds is 7. The predicted molar refractivity (Wildman–Crippen MR) is 138 cm³/mol. The van der Waals surface area contributed by atoms with E-state index in [0.717, 1.165) is 26.9 Å². The molecular formula is C28H26N2O2S. The van der Waals surface area contributed by atoms with Crippen molar-refractivity contribution in [2.24, 2.45) is 0 Å². The van der Waals surface area contributed by atoms with Crippen LogP contribution in [0.1, 0.15) is 29.3 Å². The third kappa shape index (κ3) is 5.82. The monoisotopic (exact) mass is 454 g/mol. The van der Waals surface area contributed by atoms with E-state index in [1.54, 1.807) is 0 Å². The van der Waals surface area contributed by atoms with Crippen molar-refractivity contribution in [3.05, 3.63) is 102 Å². The van der Waals surface area contributed by atoms with Gasteiger partial charge in [0.1, 0.15) is 0 Å². The highest BCUT2D eigenvalue weighted by Gasteiger charge is 2.18. The van der Waals surface area contributed by atoms with Gasteiger partial charge in [0.2, 0.25) is 5.91 Å². The van der Waals surface area contributed by atoms with E-state index in [0.29, 0.717) is 17.7 Å². The Morgan fingerprint density at radius 1 is 0.788 bits per heavy atom. The lowest BCUT2D eigenvalue weighted by Gasteiger charge is -2.15. The van der Waals surface area contributed by atoms with Crippen LogP contribution in [0.3, 0.4) is 0 Å². The van der Waals surface area contributed by atoms with Crippen molar-refractivity contribution >= 4 is 45.7 Å². The summed E-state index contributed by atoms with van der Waals surface area (Å²) in [4.78, 5) is 26.5. The minimum Gasteiger partial charge on any atom is -0.325 e. The van der Waals surface area contributed by atoms with Gasteiger partial charge in [-0.05, 0) is 66.6 Å². The van der Waals surface area contributed by atoms with E-state index in [2.05, 4.69) is 10.6 Å². The summed E-state index contributed by atoms with van der Waals surface area (Å²) < 4.78 is 0. The molecule has 0 aromatic heterocycles. The van der Waals surface area contributed by atoms with Gasteiger partial charge >= 0.3 is 0 Å². The summed E-state index contributed by atoms with van der Waals surface area (Å²) in [6, 6.07) is 29.0.